The van der Waals surface area contributed by atoms with Crippen molar-refractivity contribution < 1.29 is 4.79 Å². The summed E-state index contributed by atoms with van der Waals surface area (Å²) in [7, 11) is 0. The van der Waals surface area contributed by atoms with Crippen molar-refractivity contribution in [1.82, 2.24) is 24.9 Å². The quantitative estimate of drug-likeness (QED) is 0.445. The van der Waals surface area contributed by atoms with Crippen LogP contribution in [0.25, 0.3) is 27.7 Å². The third-order valence-corrected chi connectivity index (χ3v) is 7.66. The number of nitrogens with two attached hydrogens (primary N) is 1. The molecule has 3 aromatic heterocycles. The minimum absolute atomic E-state index is 0.195. The van der Waals surface area contributed by atoms with Crippen LogP contribution in [0.4, 0.5) is 11.6 Å². The summed E-state index contributed by atoms with van der Waals surface area (Å²) in [5, 5.41) is 8.54. The zero-order valence-electron chi connectivity index (χ0n) is 17.4. The smallest absolute Gasteiger partial charge is 0.226 e. The third-order valence-electron chi connectivity index (χ3n) is 6.90. The topological polar surface area (TPSA) is 101 Å². The molecule has 5 heterocycles. The molecule has 6 rings (SSSR count). The summed E-state index contributed by atoms with van der Waals surface area (Å²) in [5.74, 6) is 1.49. The molecule has 0 aliphatic carbocycles. The van der Waals surface area contributed by atoms with E-state index in [1.165, 1.54) is 0 Å². The fourth-order valence-corrected chi connectivity index (χ4v) is 5.46. The Morgan fingerprint density at radius 2 is 1.94 bits per heavy atom. The van der Waals surface area contributed by atoms with Crippen LogP contribution in [-0.4, -0.2) is 45.1 Å². The number of halogens is 1. The average molecular weight is 492 g/mol. The first-order valence-corrected chi connectivity index (χ1v) is 11.6. The summed E-state index contributed by atoms with van der Waals surface area (Å²) >= 11 is 3.64. The predicted octanol–water partition coefficient (Wildman–Crippen LogP) is 3.40. The number of nitrogen functional groups attached to an aromatic ring is 1. The van der Waals surface area contributed by atoms with Crippen molar-refractivity contribution in [3.8, 4) is 11.1 Å². The standard InChI is InChI=1S/C23H22BrN7O/c24-18-19(25)31-20(16(13-28-31)15-11-14-3-1-2-4-17(14)27-12-15)29-21(18)30-9-6-23(7-10-30)5-8-26-22(23)32/h1-4,11-13H,5-10,25H2,(H,26,32). The molecule has 8 nitrogen and oxygen atoms in total. The van der Waals surface area contributed by atoms with Crippen molar-refractivity contribution in [1.29, 1.82) is 0 Å². The number of anilines is 2. The summed E-state index contributed by atoms with van der Waals surface area (Å²) in [4.78, 5) is 24.1. The Kier molecular flexibility index (Phi) is 4.36. The lowest BCUT2D eigenvalue weighted by atomic mass is 9.77. The average Bonchev–Trinajstić information content (AvgIpc) is 3.40. The second kappa shape index (κ2) is 7.16. The minimum atomic E-state index is -0.225. The Bertz CT molecular complexity index is 1370. The van der Waals surface area contributed by atoms with Gasteiger partial charge in [-0.25, -0.2) is 4.98 Å². The molecule has 3 N–H and O–H groups in total. The molecule has 162 valence electrons. The van der Waals surface area contributed by atoms with Crippen LogP contribution < -0.4 is 16.0 Å². The molecule has 32 heavy (non-hydrogen) atoms. The Morgan fingerprint density at radius 3 is 2.72 bits per heavy atom. The Hall–Kier alpha value is -3.20. The molecule has 0 bridgehead atoms. The van der Waals surface area contributed by atoms with Gasteiger partial charge in [-0.15, -0.1) is 0 Å². The monoisotopic (exact) mass is 491 g/mol. The highest BCUT2D eigenvalue weighted by Gasteiger charge is 2.44. The van der Waals surface area contributed by atoms with Gasteiger partial charge in [0.2, 0.25) is 5.91 Å². The number of nitrogens with one attached hydrogen (secondary N) is 1. The molecule has 0 atom stereocenters. The number of rotatable bonds is 2. The number of piperidine rings is 1. The van der Waals surface area contributed by atoms with E-state index < -0.39 is 0 Å². The van der Waals surface area contributed by atoms with Crippen molar-refractivity contribution in [2.75, 3.05) is 30.3 Å². The Labute approximate surface area is 193 Å². The molecular weight excluding hydrogens is 470 g/mol. The number of carbonyl (C=O) groups is 1. The molecule has 1 aromatic carbocycles. The van der Waals surface area contributed by atoms with Crippen molar-refractivity contribution in [3.05, 3.63) is 47.2 Å². The van der Waals surface area contributed by atoms with Gasteiger partial charge in [0, 0.05) is 42.3 Å². The molecular formula is C23H22BrN7O. The number of hydrogen-bond acceptors (Lipinski definition) is 6. The highest BCUT2D eigenvalue weighted by atomic mass is 79.9. The van der Waals surface area contributed by atoms with Crippen LogP contribution in [0, 0.1) is 5.41 Å². The summed E-state index contributed by atoms with van der Waals surface area (Å²) < 4.78 is 2.39. The van der Waals surface area contributed by atoms with E-state index in [0.29, 0.717) is 11.5 Å². The number of amides is 1. The van der Waals surface area contributed by atoms with E-state index >= 15 is 0 Å². The van der Waals surface area contributed by atoms with Crippen molar-refractivity contribution >= 4 is 50.0 Å². The molecule has 0 saturated carbocycles. The van der Waals surface area contributed by atoms with Gasteiger partial charge in [0.1, 0.15) is 16.1 Å². The fraction of sp³-hybridized carbons (Fsp3) is 0.304. The van der Waals surface area contributed by atoms with E-state index in [9.17, 15) is 4.79 Å². The normalized spacial score (nSPS) is 18.0. The molecule has 2 aliphatic heterocycles. The number of hydrogen-bond donors (Lipinski definition) is 2. The van der Waals surface area contributed by atoms with Gasteiger partial charge in [0.15, 0.2) is 5.65 Å². The first-order chi connectivity index (χ1) is 15.6. The summed E-state index contributed by atoms with van der Waals surface area (Å²) in [6.45, 7) is 2.30. The summed E-state index contributed by atoms with van der Waals surface area (Å²) in [5.41, 5.74) is 9.69. The van der Waals surface area contributed by atoms with Crippen molar-refractivity contribution in [2.45, 2.75) is 19.3 Å². The lowest BCUT2D eigenvalue weighted by molar-refractivity contribution is -0.128. The molecule has 1 amide bonds. The predicted molar refractivity (Wildman–Crippen MR) is 127 cm³/mol. The van der Waals surface area contributed by atoms with E-state index in [0.717, 1.165) is 71.2 Å². The number of fused-ring (bicyclic) bond motifs is 2. The molecule has 2 aliphatic rings. The number of benzene rings is 1. The van der Waals surface area contributed by atoms with Crippen LogP contribution in [0.5, 0.6) is 0 Å². The molecule has 9 heteroatoms. The van der Waals surface area contributed by atoms with Gasteiger partial charge in [-0.1, -0.05) is 18.2 Å². The van der Waals surface area contributed by atoms with E-state index in [4.69, 9.17) is 10.7 Å². The zero-order valence-corrected chi connectivity index (χ0v) is 19.0. The Morgan fingerprint density at radius 1 is 1.12 bits per heavy atom. The zero-order chi connectivity index (χ0) is 21.9. The Balaban J connectivity index is 1.40. The first-order valence-electron chi connectivity index (χ1n) is 10.8. The van der Waals surface area contributed by atoms with Gasteiger partial charge in [-0.3, -0.25) is 9.78 Å². The van der Waals surface area contributed by atoms with E-state index in [-0.39, 0.29) is 11.3 Å². The lowest BCUT2D eigenvalue weighted by Gasteiger charge is -2.38. The maximum absolute atomic E-state index is 12.4. The van der Waals surface area contributed by atoms with Gasteiger partial charge in [-0.2, -0.15) is 9.61 Å². The second-order valence-electron chi connectivity index (χ2n) is 8.62. The second-order valence-corrected chi connectivity index (χ2v) is 9.41. The molecule has 2 fully saturated rings. The number of aromatic nitrogens is 4. The lowest BCUT2D eigenvalue weighted by Crippen LogP contribution is -2.44. The van der Waals surface area contributed by atoms with E-state index in [2.05, 4.69) is 42.3 Å². The van der Waals surface area contributed by atoms with Gasteiger partial charge < -0.3 is 16.0 Å². The van der Waals surface area contributed by atoms with Gasteiger partial charge in [0.25, 0.3) is 0 Å². The fourth-order valence-electron chi connectivity index (χ4n) is 4.95. The SMILES string of the molecule is Nc1c(Br)c(N2CCC3(CCNC3=O)CC2)nc2c(-c3cnc4ccccc4c3)cnn12. The van der Waals surface area contributed by atoms with Crippen molar-refractivity contribution in [2.24, 2.45) is 5.41 Å². The largest absolute Gasteiger partial charge is 0.383 e. The number of nitrogens with zero attached hydrogens (tertiary/aromatic N) is 5. The van der Waals surface area contributed by atoms with Gasteiger partial charge in [0.05, 0.1) is 17.1 Å². The van der Waals surface area contributed by atoms with Crippen molar-refractivity contribution in [3.63, 3.8) is 0 Å². The molecule has 0 unspecified atom stereocenters. The number of para-hydroxylation sites is 1. The summed E-state index contributed by atoms with van der Waals surface area (Å²) in [6, 6.07) is 10.1. The highest BCUT2D eigenvalue weighted by molar-refractivity contribution is 9.10. The molecule has 1 spiro atoms. The third kappa shape index (κ3) is 2.87. The van der Waals surface area contributed by atoms with Gasteiger partial charge >= 0.3 is 0 Å². The maximum Gasteiger partial charge on any atom is 0.226 e. The van der Waals surface area contributed by atoms with Gasteiger partial charge in [-0.05, 0) is 47.3 Å². The first kappa shape index (κ1) is 19.5. The highest BCUT2D eigenvalue weighted by Crippen LogP contribution is 2.41. The molecule has 2 saturated heterocycles. The van der Waals surface area contributed by atoms with Crippen LogP contribution in [0.2, 0.25) is 0 Å². The van der Waals surface area contributed by atoms with E-state index in [1.54, 1.807) is 10.7 Å². The van der Waals surface area contributed by atoms with Crippen LogP contribution in [0.1, 0.15) is 19.3 Å². The number of carbonyl (C=O) groups excluding carboxylic acids is 1. The van der Waals surface area contributed by atoms with E-state index in [1.807, 2.05) is 30.5 Å². The van der Waals surface area contributed by atoms with Crippen LogP contribution in [-0.2, 0) is 4.79 Å². The molecule has 4 aromatic rings. The summed E-state index contributed by atoms with van der Waals surface area (Å²) in [6.07, 6.45) is 6.19. The van der Waals surface area contributed by atoms with Crippen LogP contribution >= 0.6 is 15.9 Å². The molecule has 0 radical (unpaired) electrons. The van der Waals surface area contributed by atoms with Crippen LogP contribution in [0.15, 0.2) is 47.2 Å². The maximum atomic E-state index is 12.4. The minimum Gasteiger partial charge on any atom is -0.383 e. The van der Waals surface area contributed by atoms with Crippen LogP contribution in [0.3, 0.4) is 0 Å². The number of pyridine rings is 1.